The van der Waals surface area contributed by atoms with Crippen molar-refractivity contribution >= 4 is 132 Å². The second-order valence-electron chi connectivity index (χ2n) is 19.7. The molecule has 0 saturated carbocycles. The standard InChI is InChI=1S/C66H46F2N2O2/c1-37(2)51-35-59(69(55-33-31-53(67)39-15-5-7-17-41(39)55)57-23-13-21-47-43-19-9-11-25-61(43)71-65(47)57)49-30-28-46-52(38(3)4)36-60(50-29-27-45(51)63(49)64(46)50)70(56-34-32-54(68)40-16-6-8-18-42(40)56)58-24-14-22-48-44-20-10-12-26-62(44)72-66(48)58/h5-38H,1-4H3. The molecule has 0 N–H and O–H groups in total. The molecule has 0 unspecified atom stereocenters. The van der Waals surface area contributed by atoms with Crippen molar-refractivity contribution in [3.63, 3.8) is 0 Å². The van der Waals surface area contributed by atoms with Crippen LogP contribution in [-0.4, -0.2) is 0 Å². The van der Waals surface area contributed by atoms with Crippen LogP contribution in [-0.2, 0) is 0 Å². The van der Waals surface area contributed by atoms with Gasteiger partial charge in [-0.3, -0.25) is 0 Å². The number of hydrogen-bond acceptors (Lipinski definition) is 4. The molecule has 0 atom stereocenters. The summed E-state index contributed by atoms with van der Waals surface area (Å²) in [5, 5.41) is 13.4. The predicted molar refractivity (Wildman–Crippen MR) is 297 cm³/mol. The molecule has 2 aromatic heterocycles. The van der Waals surface area contributed by atoms with Gasteiger partial charge in [0.05, 0.1) is 34.1 Å². The van der Waals surface area contributed by atoms with E-state index in [1.165, 1.54) is 11.1 Å². The Labute approximate surface area is 413 Å². The third-order valence-electron chi connectivity index (χ3n) is 15.1. The fourth-order valence-electron chi connectivity index (χ4n) is 11.8. The SMILES string of the molecule is CC(C)c1cc(N(c2ccc(F)c3ccccc23)c2cccc3c2oc2ccccc23)c2ccc3c(C(C)C)cc(N(c4ccc(F)c5ccccc45)c4cccc5c4oc4ccccc45)c4ccc1c2c34. The first kappa shape index (κ1) is 42.2. The van der Waals surface area contributed by atoms with Crippen molar-refractivity contribution in [3.8, 4) is 0 Å². The van der Waals surface area contributed by atoms with Crippen molar-refractivity contribution in [2.24, 2.45) is 0 Å². The molecule has 346 valence electrons. The van der Waals surface area contributed by atoms with Gasteiger partial charge >= 0.3 is 0 Å². The molecule has 0 spiro atoms. The Morgan fingerprint density at radius 3 is 1.08 bits per heavy atom. The van der Waals surface area contributed by atoms with Gasteiger partial charge in [0.2, 0.25) is 0 Å². The fourth-order valence-corrected chi connectivity index (χ4v) is 11.8. The van der Waals surface area contributed by atoms with Gasteiger partial charge < -0.3 is 18.6 Å². The Morgan fingerprint density at radius 1 is 0.306 bits per heavy atom. The number of halogens is 2. The van der Waals surface area contributed by atoms with Crippen molar-refractivity contribution in [2.75, 3.05) is 9.80 Å². The molecule has 0 aliphatic carbocycles. The van der Waals surface area contributed by atoms with Crippen LogP contribution < -0.4 is 9.80 Å². The van der Waals surface area contributed by atoms with Gasteiger partial charge in [-0.05, 0) is 105 Å². The molecule has 2 heterocycles. The van der Waals surface area contributed by atoms with Crippen LogP contribution in [0.4, 0.5) is 42.9 Å². The minimum absolute atomic E-state index is 0.124. The monoisotopic (exact) mass is 936 g/mol. The Bertz CT molecular complexity index is 4240. The van der Waals surface area contributed by atoms with Crippen LogP contribution >= 0.6 is 0 Å². The molecule has 0 aliphatic heterocycles. The average molecular weight is 937 g/mol. The van der Waals surface area contributed by atoms with E-state index in [-0.39, 0.29) is 23.5 Å². The van der Waals surface area contributed by atoms with Gasteiger partial charge in [-0.2, -0.15) is 0 Å². The highest BCUT2D eigenvalue weighted by Crippen LogP contribution is 2.54. The summed E-state index contributed by atoms with van der Waals surface area (Å²) in [5.74, 6) is -0.307. The predicted octanol–water partition coefficient (Wildman–Crippen LogP) is 20.2. The summed E-state index contributed by atoms with van der Waals surface area (Å²) in [4.78, 5) is 4.60. The first-order valence-corrected chi connectivity index (χ1v) is 24.8. The molecule has 0 amide bonds. The molecule has 12 aromatic carbocycles. The summed E-state index contributed by atoms with van der Waals surface area (Å²) in [7, 11) is 0. The van der Waals surface area contributed by atoms with Gasteiger partial charge in [0, 0.05) is 53.9 Å². The van der Waals surface area contributed by atoms with Crippen LogP contribution in [0.1, 0.15) is 50.7 Å². The molecule has 0 aliphatic rings. The van der Waals surface area contributed by atoms with Gasteiger partial charge in [0.15, 0.2) is 11.2 Å². The lowest BCUT2D eigenvalue weighted by Gasteiger charge is -2.32. The zero-order chi connectivity index (χ0) is 48.5. The number of fused-ring (bicyclic) bond motifs is 8. The molecule has 72 heavy (non-hydrogen) atoms. The molecule has 0 bridgehead atoms. The highest BCUT2D eigenvalue weighted by atomic mass is 19.1. The van der Waals surface area contributed by atoms with E-state index in [1.54, 1.807) is 12.1 Å². The van der Waals surface area contributed by atoms with Crippen molar-refractivity contribution < 1.29 is 17.6 Å². The largest absolute Gasteiger partial charge is 0.454 e. The summed E-state index contributed by atoms with van der Waals surface area (Å²) >= 11 is 0. The van der Waals surface area contributed by atoms with Gasteiger partial charge in [-0.15, -0.1) is 0 Å². The van der Waals surface area contributed by atoms with E-state index in [0.717, 1.165) is 121 Å². The van der Waals surface area contributed by atoms with Crippen LogP contribution in [0.15, 0.2) is 203 Å². The number of rotatable bonds is 8. The van der Waals surface area contributed by atoms with E-state index in [9.17, 15) is 0 Å². The molecular formula is C66H46F2N2O2. The topological polar surface area (TPSA) is 32.8 Å². The van der Waals surface area contributed by atoms with Crippen LogP contribution in [0.25, 0.3) is 97.7 Å². The third kappa shape index (κ3) is 6.08. The maximum absolute atomic E-state index is 16.0. The lowest BCUT2D eigenvalue weighted by Crippen LogP contribution is -2.14. The summed E-state index contributed by atoms with van der Waals surface area (Å²) in [6, 6.07) is 65.3. The molecule has 14 aromatic rings. The van der Waals surface area contributed by atoms with E-state index in [2.05, 4.69) is 122 Å². The smallest absolute Gasteiger partial charge is 0.159 e. The lowest BCUT2D eigenvalue weighted by atomic mass is 9.84. The van der Waals surface area contributed by atoms with E-state index in [4.69, 9.17) is 8.83 Å². The molecule has 14 rings (SSSR count). The fraction of sp³-hybridized carbons (Fsp3) is 0.0909. The Morgan fingerprint density at radius 2 is 0.667 bits per heavy atom. The van der Waals surface area contributed by atoms with Crippen LogP contribution in [0, 0.1) is 11.6 Å². The first-order chi connectivity index (χ1) is 35.2. The summed E-state index contributed by atoms with van der Waals surface area (Å²) in [5.41, 5.74) is 10.7. The third-order valence-corrected chi connectivity index (χ3v) is 15.1. The number of furan rings is 2. The number of para-hydroxylation sites is 4. The van der Waals surface area contributed by atoms with Crippen molar-refractivity contribution in [3.05, 3.63) is 217 Å². The van der Waals surface area contributed by atoms with Crippen molar-refractivity contribution in [1.82, 2.24) is 0 Å². The summed E-state index contributed by atoms with van der Waals surface area (Å²) < 4.78 is 45.6. The minimum atomic E-state index is -0.278. The van der Waals surface area contributed by atoms with E-state index in [0.29, 0.717) is 10.8 Å². The Kier molecular flexibility index (Phi) is 9.31. The normalized spacial score (nSPS) is 12.3. The maximum atomic E-state index is 16.0. The van der Waals surface area contributed by atoms with Crippen LogP contribution in [0.2, 0.25) is 0 Å². The highest BCUT2D eigenvalue weighted by molar-refractivity contribution is 6.30. The van der Waals surface area contributed by atoms with Crippen molar-refractivity contribution in [2.45, 2.75) is 39.5 Å². The number of hydrogen-bond donors (Lipinski definition) is 0. The second kappa shape index (κ2) is 15.9. The van der Waals surface area contributed by atoms with Gasteiger partial charge in [0.25, 0.3) is 0 Å². The van der Waals surface area contributed by atoms with Crippen molar-refractivity contribution in [1.29, 1.82) is 0 Å². The Balaban J connectivity index is 1.14. The zero-order valence-electron chi connectivity index (χ0n) is 40.1. The van der Waals surface area contributed by atoms with Crippen LogP contribution in [0.5, 0.6) is 0 Å². The second-order valence-corrected chi connectivity index (χ2v) is 19.7. The van der Waals surface area contributed by atoms with Gasteiger partial charge in [-0.1, -0.05) is 161 Å². The lowest BCUT2D eigenvalue weighted by molar-refractivity contribution is 0.639. The van der Waals surface area contributed by atoms with E-state index >= 15 is 8.78 Å². The minimum Gasteiger partial charge on any atom is -0.454 e. The molecule has 6 heteroatoms. The quantitative estimate of drug-likeness (QED) is 0.142. The van der Waals surface area contributed by atoms with Crippen LogP contribution in [0.3, 0.4) is 0 Å². The van der Waals surface area contributed by atoms with Gasteiger partial charge in [-0.25, -0.2) is 8.78 Å². The Hall–Kier alpha value is -8.74. The molecular weight excluding hydrogens is 891 g/mol. The number of nitrogens with zero attached hydrogens (tertiary/aromatic N) is 2. The number of anilines is 6. The molecule has 0 radical (unpaired) electrons. The molecule has 0 fully saturated rings. The summed E-state index contributed by atoms with van der Waals surface area (Å²) in [6.45, 7) is 9.03. The number of benzene rings is 12. The molecule has 0 saturated heterocycles. The summed E-state index contributed by atoms with van der Waals surface area (Å²) in [6.07, 6.45) is 0. The van der Waals surface area contributed by atoms with Gasteiger partial charge in [0.1, 0.15) is 22.8 Å². The average Bonchev–Trinajstić information content (AvgIpc) is 3.99. The van der Waals surface area contributed by atoms with E-state index in [1.807, 2.05) is 97.1 Å². The van der Waals surface area contributed by atoms with E-state index < -0.39 is 0 Å². The molecule has 4 nitrogen and oxygen atoms in total. The highest BCUT2D eigenvalue weighted by Gasteiger charge is 2.30. The first-order valence-electron chi connectivity index (χ1n) is 24.8. The maximum Gasteiger partial charge on any atom is 0.159 e. The zero-order valence-corrected chi connectivity index (χ0v) is 40.1.